The Labute approximate surface area is 137 Å². The van der Waals surface area contributed by atoms with Crippen LogP contribution in [0.2, 0.25) is 0 Å². The Morgan fingerprint density at radius 2 is 2.04 bits per heavy atom. The minimum atomic E-state index is -1.03. The number of hydrogen-bond donors (Lipinski definition) is 1. The van der Waals surface area contributed by atoms with Crippen LogP contribution in [0.4, 0.5) is 15.8 Å². The third-order valence-electron chi connectivity index (χ3n) is 3.13. The lowest BCUT2D eigenvalue weighted by Crippen LogP contribution is -2.30. The minimum absolute atomic E-state index is 0.0670. The fraction of sp³-hybridized carbons (Fsp3) is 0.188. The fourth-order valence-electron chi connectivity index (χ4n) is 1.92. The van der Waals surface area contributed by atoms with Crippen molar-refractivity contribution < 1.29 is 23.6 Å². The average molecular weight is 334 g/mol. The van der Waals surface area contributed by atoms with Gasteiger partial charge in [0.15, 0.2) is 11.9 Å². The summed E-state index contributed by atoms with van der Waals surface area (Å²) in [6.45, 7) is 1.43. The summed E-state index contributed by atoms with van der Waals surface area (Å²) in [6.07, 6.45) is -1.03. The van der Waals surface area contributed by atoms with Crippen molar-refractivity contribution in [2.45, 2.75) is 13.0 Å². The van der Waals surface area contributed by atoms with Crippen LogP contribution in [0.1, 0.15) is 6.92 Å². The second-order valence-electron chi connectivity index (χ2n) is 4.85. The lowest BCUT2D eigenvalue weighted by molar-refractivity contribution is -0.386. The molecule has 0 aliphatic rings. The molecule has 0 radical (unpaired) electrons. The molecule has 1 amide bonds. The molecule has 1 N–H and O–H groups in total. The number of nitrogens with one attached hydrogen (secondary N) is 1. The molecule has 7 nitrogen and oxygen atoms in total. The van der Waals surface area contributed by atoms with Crippen molar-refractivity contribution in [2.75, 3.05) is 12.4 Å². The number of carbonyl (C=O) groups excluding carboxylic acids is 1. The molecular formula is C16H15FN2O5. The molecule has 126 valence electrons. The topological polar surface area (TPSA) is 90.7 Å². The summed E-state index contributed by atoms with van der Waals surface area (Å²) in [6, 6.07) is 9.40. The highest BCUT2D eigenvalue weighted by Gasteiger charge is 2.22. The van der Waals surface area contributed by atoms with Gasteiger partial charge in [0, 0.05) is 5.69 Å². The van der Waals surface area contributed by atoms with E-state index in [-0.39, 0.29) is 17.1 Å². The molecule has 0 fully saturated rings. The molecule has 0 aliphatic heterocycles. The van der Waals surface area contributed by atoms with Crippen molar-refractivity contribution >= 4 is 17.3 Å². The van der Waals surface area contributed by atoms with Gasteiger partial charge < -0.3 is 14.8 Å². The van der Waals surface area contributed by atoms with Gasteiger partial charge in [-0.15, -0.1) is 0 Å². The normalized spacial score (nSPS) is 11.5. The summed E-state index contributed by atoms with van der Waals surface area (Å²) in [4.78, 5) is 22.5. The molecule has 1 atom stereocenters. The van der Waals surface area contributed by atoms with E-state index in [1.165, 1.54) is 50.4 Å². The Kier molecular flexibility index (Phi) is 5.31. The summed E-state index contributed by atoms with van der Waals surface area (Å²) in [5, 5.41) is 13.6. The van der Waals surface area contributed by atoms with E-state index in [0.29, 0.717) is 5.75 Å². The Bertz CT molecular complexity index is 766. The summed E-state index contributed by atoms with van der Waals surface area (Å²) in [5.41, 5.74) is -0.0561. The predicted octanol–water partition coefficient (Wildman–Crippen LogP) is 3.15. The molecule has 0 bridgehead atoms. The second-order valence-corrected chi connectivity index (χ2v) is 4.85. The van der Waals surface area contributed by atoms with Crippen LogP contribution in [0.15, 0.2) is 42.5 Å². The van der Waals surface area contributed by atoms with Gasteiger partial charge >= 0.3 is 5.69 Å². The van der Waals surface area contributed by atoms with Crippen LogP contribution in [0.25, 0.3) is 0 Å². The third-order valence-corrected chi connectivity index (χ3v) is 3.13. The van der Waals surface area contributed by atoms with Crippen molar-refractivity contribution in [3.8, 4) is 11.5 Å². The van der Waals surface area contributed by atoms with Crippen molar-refractivity contribution in [2.24, 2.45) is 0 Å². The Morgan fingerprint density at radius 1 is 1.29 bits per heavy atom. The van der Waals surface area contributed by atoms with Crippen LogP contribution >= 0.6 is 0 Å². The number of nitrogens with zero attached hydrogens (tertiary/aromatic N) is 1. The molecule has 0 unspecified atom stereocenters. The lowest BCUT2D eigenvalue weighted by Gasteiger charge is -2.15. The van der Waals surface area contributed by atoms with E-state index in [0.717, 1.165) is 6.07 Å². The maximum atomic E-state index is 13.1. The van der Waals surface area contributed by atoms with E-state index < -0.39 is 22.8 Å². The average Bonchev–Trinajstić information content (AvgIpc) is 2.54. The van der Waals surface area contributed by atoms with E-state index in [2.05, 4.69) is 5.32 Å². The second kappa shape index (κ2) is 7.40. The third kappa shape index (κ3) is 4.19. The lowest BCUT2D eigenvalue weighted by atomic mass is 10.2. The Hall–Kier alpha value is -3.16. The van der Waals surface area contributed by atoms with Gasteiger partial charge in [-0.3, -0.25) is 14.9 Å². The molecule has 0 aliphatic carbocycles. The van der Waals surface area contributed by atoms with Gasteiger partial charge in [-0.2, -0.15) is 0 Å². The first-order valence-electron chi connectivity index (χ1n) is 6.96. The Morgan fingerprint density at radius 3 is 2.67 bits per heavy atom. The zero-order valence-corrected chi connectivity index (χ0v) is 13.0. The van der Waals surface area contributed by atoms with Gasteiger partial charge in [-0.1, -0.05) is 6.07 Å². The van der Waals surface area contributed by atoms with Crippen LogP contribution in [0.3, 0.4) is 0 Å². The van der Waals surface area contributed by atoms with Crippen molar-refractivity contribution in [1.82, 2.24) is 0 Å². The van der Waals surface area contributed by atoms with Crippen molar-refractivity contribution in [3.05, 3.63) is 58.4 Å². The number of nitro benzene ring substituents is 1. The molecule has 24 heavy (non-hydrogen) atoms. The number of anilines is 1. The predicted molar refractivity (Wildman–Crippen MR) is 84.8 cm³/mol. The van der Waals surface area contributed by atoms with Gasteiger partial charge in [0.1, 0.15) is 11.6 Å². The van der Waals surface area contributed by atoms with E-state index in [1.807, 2.05) is 0 Å². The standard InChI is InChI=1S/C16H15FN2O5/c1-10(16(20)18-12-5-3-4-11(17)8-12)24-15-7-6-13(23-2)9-14(15)19(21)22/h3-10H,1-2H3,(H,18,20)/t10-/m1/s1. The smallest absolute Gasteiger partial charge is 0.314 e. The molecule has 0 heterocycles. The molecule has 0 saturated carbocycles. The number of methoxy groups -OCH3 is 1. The highest BCUT2D eigenvalue weighted by Crippen LogP contribution is 2.31. The summed E-state index contributed by atoms with van der Waals surface area (Å²) in [7, 11) is 1.38. The number of rotatable bonds is 6. The number of ether oxygens (including phenoxy) is 2. The molecule has 2 aromatic rings. The van der Waals surface area contributed by atoms with Crippen molar-refractivity contribution in [3.63, 3.8) is 0 Å². The molecule has 0 aromatic heterocycles. The molecule has 0 saturated heterocycles. The summed E-state index contributed by atoms with van der Waals surface area (Å²) >= 11 is 0. The van der Waals surface area contributed by atoms with E-state index in [9.17, 15) is 19.3 Å². The van der Waals surface area contributed by atoms with Gasteiger partial charge in [0.05, 0.1) is 18.1 Å². The maximum Gasteiger partial charge on any atom is 0.314 e. The zero-order chi connectivity index (χ0) is 17.7. The molecule has 2 aromatic carbocycles. The monoisotopic (exact) mass is 334 g/mol. The van der Waals surface area contributed by atoms with Crippen molar-refractivity contribution in [1.29, 1.82) is 0 Å². The number of benzene rings is 2. The molecular weight excluding hydrogens is 319 g/mol. The first kappa shape index (κ1) is 17.2. The summed E-state index contributed by atoms with van der Waals surface area (Å²) in [5.74, 6) is -0.827. The quantitative estimate of drug-likeness (QED) is 0.647. The maximum absolute atomic E-state index is 13.1. The number of carbonyl (C=O) groups is 1. The van der Waals surface area contributed by atoms with E-state index in [1.54, 1.807) is 0 Å². The van der Waals surface area contributed by atoms with Gasteiger partial charge in [-0.05, 0) is 37.3 Å². The summed E-state index contributed by atoms with van der Waals surface area (Å²) < 4.78 is 23.4. The Balaban J connectivity index is 2.12. The van der Waals surface area contributed by atoms with Gasteiger partial charge in [0.25, 0.3) is 5.91 Å². The zero-order valence-electron chi connectivity index (χ0n) is 13.0. The SMILES string of the molecule is COc1ccc(O[C@H](C)C(=O)Nc2cccc(F)c2)c([N+](=O)[O-])c1. The van der Waals surface area contributed by atoms with Gasteiger partial charge in [-0.25, -0.2) is 4.39 Å². The minimum Gasteiger partial charge on any atom is -0.496 e. The number of nitro groups is 1. The van der Waals surface area contributed by atoms with Crippen LogP contribution in [-0.2, 0) is 4.79 Å². The first-order valence-corrected chi connectivity index (χ1v) is 6.96. The van der Waals surface area contributed by atoms with Crippen LogP contribution in [0.5, 0.6) is 11.5 Å². The molecule has 8 heteroatoms. The highest BCUT2D eigenvalue weighted by atomic mass is 19.1. The number of halogens is 1. The van der Waals surface area contributed by atoms with Crippen LogP contribution in [-0.4, -0.2) is 24.0 Å². The van der Waals surface area contributed by atoms with Crippen LogP contribution < -0.4 is 14.8 Å². The largest absolute Gasteiger partial charge is 0.496 e. The number of hydrogen-bond acceptors (Lipinski definition) is 5. The number of amides is 1. The van der Waals surface area contributed by atoms with E-state index >= 15 is 0 Å². The van der Waals surface area contributed by atoms with E-state index in [4.69, 9.17) is 9.47 Å². The molecule has 0 spiro atoms. The first-order chi connectivity index (χ1) is 11.4. The highest BCUT2D eigenvalue weighted by molar-refractivity contribution is 5.94. The van der Waals surface area contributed by atoms with Gasteiger partial charge in [0.2, 0.25) is 0 Å². The fourth-order valence-corrected chi connectivity index (χ4v) is 1.92. The molecule has 2 rings (SSSR count). The van der Waals surface area contributed by atoms with Crippen LogP contribution in [0, 0.1) is 15.9 Å².